The zero-order chi connectivity index (χ0) is 11.0. The molecule has 3 heterocycles. The van der Waals surface area contributed by atoms with Gasteiger partial charge >= 0.3 is 0 Å². The van der Waals surface area contributed by atoms with Crippen molar-refractivity contribution < 1.29 is 4.74 Å². The zero-order valence-electron chi connectivity index (χ0n) is 8.46. The van der Waals surface area contributed by atoms with Gasteiger partial charge in [-0.15, -0.1) is 0 Å². The maximum absolute atomic E-state index is 5.38. The second kappa shape index (κ2) is 3.93. The summed E-state index contributed by atoms with van der Waals surface area (Å²) < 4.78 is 7.05. The maximum atomic E-state index is 5.38. The molecule has 2 aromatic heterocycles. The average Bonchev–Trinajstić information content (AvgIpc) is 2.70. The lowest BCUT2D eigenvalue weighted by molar-refractivity contribution is 0.0455. The monoisotopic (exact) mass is 237 g/mol. The van der Waals surface area contributed by atoms with Gasteiger partial charge < -0.3 is 14.6 Å². The van der Waals surface area contributed by atoms with Crippen molar-refractivity contribution in [1.82, 2.24) is 14.4 Å². The number of rotatable bonds is 3. The van der Waals surface area contributed by atoms with Crippen LogP contribution in [-0.4, -0.2) is 32.8 Å². The van der Waals surface area contributed by atoms with Crippen LogP contribution in [0.3, 0.4) is 0 Å². The fraction of sp³-hybridized carbons (Fsp3) is 0.333. The summed E-state index contributed by atoms with van der Waals surface area (Å²) in [5.41, 5.74) is 3.41. The van der Waals surface area contributed by atoms with E-state index >= 15 is 0 Å². The van der Waals surface area contributed by atoms with E-state index in [1.54, 1.807) is 18.0 Å². The van der Waals surface area contributed by atoms with E-state index in [4.69, 9.17) is 10.6 Å². The van der Waals surface area contributed by atoms with Crippen molar-refractivity contribution in [3.8, 4) is 0 Å². The summed E-state index contributed by atoms with van der Waals surface area (Å²) in [7, 11) is 0. The highest BCUT2D eigenvalue weighted by Crippen LogP contribution is 2.29. The summed E-state index contributed by atoms with van der Waals surface area (Å²) in [6.45, 7) is 1.55. The lowest BCUT2D eigenvalue weighted by Gasteiger charge is -2.24. The largest absolute Gasteiger partial charge is 0.379 e. The number of nitrogen functional groups attached to an aromatic ring is 1. The molecule has 7 heteroatoms. The predicted octanol–water partition coefficient (Wildman–Crippen LogP) is 0.506. The quantitative estimate of drug-likeness (QED) is 0.598. The summed E-state index contributed by atoms with van der Waals surface area (Å²) in [6, 6.07) is 0. The molecule has 3 N–H and O–H groups in total. The Morgan fingerprint density at radius 3 is 3.12 bits per heavy atom. The molecule has 84 valence electrons. The topological polar surface area (TPSA) is 77.5 Å². The minimum Gasteiger partial charge on any atom is -0.379 e. The Kier molecular flexibility index (Phi) is 2.43. The fourth-order valence-corrected chi connectivity index (χ4v) is 2.55. The van der Waals surface area contributed by atoms with E-state index < -0.39 is 0 Å². The third-order valence-electron chi connectivity index (χ3n) is 2.38. The number of nitrogens with zero attached hydrogens (tertiary/aromatic N) is 3. The third-order valence-corrected chi connectivity index (χ3v) is 3.48. The second-order valence-corrected chi connectivity index (χ2v) is 4.80. The lowest BCUT2D eigenvalue weighted by Crippen LogP contribution is -2.30. The molecule has 0 atom stereocenters. The third kappa shape index (κ3) is 1.62. The molecule has 3 rings (SSSR count). The van der Waals surface area contributed by atoms with Crippen LogP contribution in [0, 0.1) is 0 Å². The molecule has 0 bridgehead atoms. The summed E-state index contributed by atoms with van der Waals surface area (Å²) in [5.74, 6) is 6.01. The van der Waals surface area contributed by atoms with Crippen LogP contribution in [-0.2, 0) is 4.74 Å². The van der Waals surface area contributed by atoms with Gasteiger partial charge in [-0.3, -0.25) is 0 Å². The Bertz CT molecular complexity index is 510. The Hall–Kier alpha value is -1.31. The molecule has 0 aliphatic carbocycles. The van der Waals surface area contributed by atoms with Crippen molar-refractivity contribution in [2.75, 3.05) is 18.6 Å². The molecule has 0 radical (unpaired) electrons. The minimum absolute atomic E-state index is 0.473. The number of anilines is 1. The molecule has 6 nitrogen and oxygen atoms in total. The average molecular weight is 237 g/mol. The fourth-order valence-electron chi connectivity index (χ4n) is 1.49. The smallest absolute Gasteiger partial charge is 0.169 e. The molecule has 16 heavy (non-hydrogen) atoms. The van der Waals surface area contributed by atoms with Crippen molar-refractivity contribution in [2.45, 2.75) is 10.3 Å². The zero-order valence-corrected chi connectivity index (χ0v) is 9.28. The van der Waals surface area contributed by atoms with E-state index in [0.717, 1.165) is 23.9 Å². The van der Waals surface area contributed by atoms with Gasteiger partial charge in [0.2, 0.25) is 0 Å². The first-order valence-electron chi connectivity index (χ1n) is 4.91. The minimum atomic E-state index is 0.473. The summed E-state index contributed by atoms with van der Waals surface area (Å²) >= 11 is 1.68. The first-order chi connectivity index (χ1) is 7.86. The van der Waals surface area contributed by atoms with Crippen molar-refractivity contribution in [3.05, 3.63) is 18.6 Å². The number of nitrogens with two attached hydrogens (primary N) is 1. The van der Waals surface area contributed by atoms with E-state index in [1.807, 2.05) is 16.8 Å². The number of aromatic nitrogens is 3. The van der Waals surface area contributed by atoms with Gasteiger partial charge in [0.25, 0.3) is 0 Å². The van der Waals surface area contributed by atoms with Gasteiger partial charge in [-0.2, -0.15) is 0 Å². The van der Waals surface area contributed by atoms with Crippen LogP contribution in [0.2, 0.25) is 0 Å². The number of fused-ring (bicyclic) bond motifs is 1. The van der Waals surface area contributed by atoms with E-state index in [2.05, 4.69) is 15.4 Å². The SMILES string of the molecule is NNc1cn2ccnc2c(SC2COC2)n1. The number of ether oxygens (including phenoxy) is 1. The molecule has 0 saturated carbocycles. The van der Waals surface area contributed by atoms with E-state index in [-0.39, 0.29) is 0 Å². The number of thioether (sulfide) groups is 1. The van der Waals surface area contributed by atoms with Crippen LogP contribution >= 0.6 is 11.8 Å². The van der Waals surface area contributed by atoms with Crippen molar-refractivity contribution in [3.63, 3.8) is 0 Å². The van der Waals surface area contributed by atoms with E-state index in [1.165, 1.54) is 0 Å². The van der Waals surface area contributed by atoms with Gasteiger partial charge in [0.15, 0.2) is 11.5 Å². The van der Waals surface area contributed by atoms with Crippen molar-refractivity contribution >= 4 is 23.2 Å². The second-order valence-electron chi connectivity index (χ2n) is 3.51. The number of imidazole rings is 1. The molecular weight excluding hydrogens is 226 g/mol. The van der Waals surface area contributed by atoms with Crippen LogP contribution in [0.4, 0.5) is 5.82 Å². The first kappa shape index (κ1) is 9.88. The van der Waals surface area contributed by atoms with Gasteiger partial charge in [-0.25, -0.2) is 15.8 Å². The maximum Gasteiger partial charge on any atom is 0.169 e. The molecule has 1 fully saturated rings. The number of nitrogens with one attached hydrogen (secondary N) is 1. The highest BCUT2D eigenvalue weighted by Gasteiger charge is 2.22. The number of hydrogen-bond donors (Lipinski definition) is 2. The van der Waals surface area contributed by atoms with Gasteiger partial charge in [0, 0.05) is 12.4 Å². The highest BCUT2D eigenvalue weighted by molar-refractivity contribution is 8.00. The normalized spacial score (nSPS) is 16.3. The molecule has 2 aromatic rings. The lowest BCUT2D eigenvalue weighted by atomic mass is 10.4. The summed E-state index contributed by atoms with van der Waals surface area (Å²) in [4.78, 5) is 8.68. The molecule has 1 aliphatic rings. The molecule has 0 amide bonds. The van der Waals surface area contributed by atoms with Crippen molar-refractivity contribution in [2.24, 2.45) is 5.84 Å². The molecule has 1 saturated heterocycles. The predicted molar refractivity (Wildman–Crippen MR) is 61.3 cm³/mol. The van der Waals surface area contributed by atoms with Crippen LogP contribution in [0.1, 0.15) is 0 Å². The molecule has 0 unspecified atom stereocenters. The Morgan fingerprint density at radius 1 is 1.56 bits per heavy atom. The molecule has 0 spiro atoms. The Balaban J connectivity index is 2.01. The Morgan fingerprint density at radius 2 is 2.44 bits per heavy atom. The number of hydrogen-bond acceptors (Lipinski definition) is 6. The van der Waals surface area contributed by atoms with Crippen molar-refractivity contribution in [1.29, 1.82) is 0 Å². The molecular formula is C9H11N5OS. The first-order valence-corrected chi connectivity index (χ1v) is 5.79. The summed E-state index contributed by atoms with van der Waals surface area (Å²) in [5, 5.41) is 1.36. The van der Waals surface area contributed by atoms with E-state index in [0.29, 0.717) is 11.1 Å². The standard InChI is InChI=1S/C9H11N5OS/c10-13-7-3-14-2-1-11-8(14)9(12-7)16-6-4-15-5-6/h1-3,6,13H,4-5,10H2. The molecule has 1 aliphatic heterocycles. The number of hydrazine groups is 1. The van der Waals surface area contributed by atoms with Crippen LogP contribution in [0.15, 0.2) is 23.6 Å². The van der Waals surface area contributed by atoms with Gasteiger partial charge in [0.05, 0.1) is 24.7 Å². The van der Waals surface area contributed by atoms with Gasteiger partial charge in [-0.1, -0.05) is 11.8 Å². The van der Waals surface area contributed by atoms with Crippen LogP contribution in [0.25, 0.3) is 5.65 Å². The van der Waals surface area contributed by atoms with Gasteiger partial charge in [0.1, 0.15) is 5.03 Å². The van der Waals surface area contributed by atoms with E-state index in [9.17, 15) is 0 Å². The van der Waals surface area contributed by atoms with Gasteiger partial charge in [-0.05, 0) is 0 Å². The summed E-state index contributed by atoms with van der Waals surface area (Å²) in [6.07, 6.45) is 5.43. The molecule has 0 aromatic carbocycles. The Labute approximate surface area is 96.2 Å². The van der Waals surface area contributed by atoms with Crippen LogP contribution < -0.4 is 11.3 Å². The van der Waals surface area contributed by atoms with Crippen LogP contribution in [0.5, 0.6) is 0 Å². The highest BCUT2D eigenvalue weighted by atomic mass is 32.2.